The van der Waals surface area contributed by atoms with Gasteiger partial charge in [-0.2, -0.15) is 0 Å². The average molecular weight is 229 g/mol. The minimum absolute atomic E-state index is 0.0621. The Balaban J connectivity index is 3.01. The van der Waals surface area contributed by atoms with Crippen LogP contribution in [-0.4, -0.2) is 31.4 Å². The molecule has 84 valence electrons. The zero-order chi connectivity index (χ0) is 11.5. The lowest BCUT2D eigenvalue weighted by molar-refractivity contribution is 0.466. The molecule has 0 bridgehead atoms. The maximum Gasteiger partial charge on any atom is 0.242 e. The number of rotatable bonds is 4. The molecule has 0 saturated heterocycles. The van der Waals surface area contributed by atoms with Gasteiger partial charge in [-0.25, -0.2) is 12.7 Å². The molecular weight excluding hydrogens is 214 g/mol. The van der Waals surface area contributed by atoms with E-state index in [1.54, 1.807) is 7.05 Å². The largest absolute Gasteiger partial charge is 0.508 e. The smallest absolute Gasteiger partial charge is 0.242 e. The van der Waals surface area contributed by atoms with E-state index in [4.69, 9.17) is 5.11 Å². The molecule has 0 spiro atoms. The second-order valence-electron chi connectivity index (χ2n) is 3.32. The van der Waals surface area contributed by atoms with E-state index in [2.05, 4.69) is 0 Å². The molecule has 0 amide bonds. The highest BCUT2D eigenvalue weighted by atomic mass is 32.2. The molecule has 4 nitrogen and oxygen atoms in total. The highest BCUT2D eigenvalue weighted by Gasteiger charge is 2.19. The third kappa shape index (κ3) is 2.70. The van der Waals surface area contributed by atoms with Gasteiger partial charge in [0.25, 0.3) is 0 Å². The Morgan fingerprint density at radius 2 is 1.80 bits per heavy atom. The van der Waals surface area contributed by atoms with E-state index in [0.717, 1.165) is 6.42 Å². The molecule has 0 radical (unpaired) electrons. The van der Waals surface area contributed by atoms with Crippen molar-refractivity contribution in [2.75, 3.05) is 13.6 Å². The second-order valence-corrected chi connectivity index (χ2v) is 5.37. The molecule has 0 unspecified atom stereocenters. The van der Waals surface area contributed by atoms with Crippen LogP contribution in [0.3, 0.4) is 0 Å². The normalized spacial score (nSPS) is 11.9. The van der Waals surface area contributed by atoms with Crippen molar-refractivity contribution in [3.05, 3.63) is 24.3 Å². The predicted octanol–water partition coefficient (Wildman–Crippen LogP) is 1.42. The van der Waals surface area contributed by atoms with E-state index in [1.807, 2.05) is 6.92 Å². The lowest BCUT2D eigenvalue weighted by atomic mass is 10.3. The van der Waals surface area contributed by atoms with Crippen molar-refractivity contribution in [2.24, 2.45) is 0 Å². The number of sulfonamides is 1. The quantitative estimate of drug-likeness (QED) is 0.849. The van der Waals surface area contributed by atoms with Gasteiger partial charge in [-0.3, -0.25) is 0 Å². The lowest BCUT2D eigenvalue weighted by Crippen LogP contribution is -2.27. The summed E-state index contributed by atoms with van der Waals surface area (Å²) in [4.78, 5) is 0.205. The molecule has 0 heterocycles. The van der Waals surface area contributed by atoms with E-state index in [1.165, 1.54) is 28.6 Å². The zero-order valence-electron chi connectivity index (χ0n) is 8.84. The van der Waals surface area contributed by atoms with Gasteiger partial charge in [0.05, 0.1) is 4.90 Å². The third-order valence-corrected chi connectivity index (χ3v) is 3.95. The summed E-state index contributed by atoms with van der Waals surface area (Å²) in [7, 11) is -1.85. The summed E-state index contributed by atoms with van der Waals surface area (Å²) in [6.45, 7) is 2.41. The van der Waals surface area contributed by atoms with Gasteiger partial charge in [0.2, 0.25) is 10.0 Å². The maximum atomic E-state index is 11.9. The molecule has 0 aliphatic rings. The Labute approximate surface area is 90.2 Å². The molecule has 5 heteroatoms. The SMILES string of the molecule is CCCN(C)S(=O)(=O)c1ccc(O)cc1. The van der Waals surface area contributed by atoms with Crippen molar-refractivity contribution < 1.29 is 13.5 Å². The van der Waals surface area contributed by atoms with Gasteiger partial charge in [0, 0.05) is 13.6 Å². The fourth-order valence-corrected chi connectivity index (χ4v) is 2.50. The Morgan fingerprint density at radius 3 is 2.27 bits per heavy atom. The number of hydrogen-bond acceptors (Lipinski definition) is 3. The third-order valence-electron chi connectivity index (χ3n) is 2.08. The van der Waals surface area contributed by atoms with Crippen LogP contribution in [-0.2, 0) is 10.0 Å². The number of benzene rings is 1. The summed E-state index contributed by atoms with van der Waals surface area (Å²) in [5, 5.41) is 9.06. The van der Waals surface area contributed by atoms with E-state index in [0.29, 0.717) is 6.54 Å². The van der Waals surface area contributed by atoms with Crippen LogP contribution in [0.2, 0.25) is 0 Å². The Hall–Kier alpha value is -1.07. The number of aromatic hydroxyl groups is 1. The molecule has 1 N–H and O–H groups in total. The van der Waals surface area contributed by atoms with Crippen LogP contribution in [0.4, 0.5) is 0 Å². The summed E-state index contributed by atoms with van der Waals surface area (Å²) in [6.07, 6.45) is 0.772. The Kier molecular flexibility index (Phi) is 3.71. The minimum Gasteiger partial charge on any atom is -0.508 e. The van der Waals surface area contributed by atoms with Crippen molar-refractivity contribution in [1.29, 1.82) is 0 Å². The zero-order valence-corrected chi connectivity index (χ0v) is 9.66. The molecule has 0 saturated carbocycles. The van der Waals surface area contributed by atoms with Gasteiger partial charge in [-0.15, -0.1) is 0 Å². The Bertz CT molecular complexity index is 411. The molecule has 1 aromatic carbocycles. The van der Waals surface area contributed by atoms with Crippen molar-refractivity contribution in [3.63, 3.8) is 0 Å². The first-order chi connectivity index (χ1) is 6.98. The van der Waals surface area contributed by atoms with Crippen LogP contribution in [0.15, 0.2) is 29.2 Å². The monoisotopic (exact) mass is 229 g/mol. The number of nitrogens with zero attached hydrogens (tertiary/aromatic N) is 1. The summed E-state index contributed by atoms with van der Waals surface area (Å²) in [5.74, 6) is 0.0621. The van der Waals surface area contributed by atoms with Gasteiger partial charge < -0.3 is 5.11 Å². The van der Waals surface area contributed by atoms with Gasteiger partial charge in [-0.1, -0.05) is 6.92 Å². The number of hydrogen-bond donors (Lipinski definition) is 1. The summed E-state index contributed by atoms with van der Waals surface area (Å²) >= 11 is 0. The van der Waals surface area contributed by atoms with Gasteiger partial charge in [0.1, 0.15) is 5.75 Å². The number of phenolic OH excluding ortho intramolecular Hbond substituents is 1. The van der Waals surface area contributed by atoms with Crippen molar-refractivity contribution in [3.8, 4) is 5.75 Å². The van der Waals surface area contributed by atoms with Gasteiger partial charge in [0.15, 0.2) is 0 Å². The molecule has 0 fully saturated rings. The van der Waals surface area contributed by atoms with Crippen LogP contribution in [0.1, 0.15) is 13.3 Å². The van der Waals surface area contributed by atoms with E-state index >= 15 is 0 Å². The van der Waals surface area contributed by atoms with Crippen LogP contribution >= 0.6 is 0 Å². The highest BCUT2D eigenvalue weighted by molar-refractivity contribution is 7.89. The van der Waals surface area contributed by atoms with Crippen LogP contribution < -0.4 is 0 Å². The van der Waals surface area contributed by atoms with Crippen LogP contribution in [0.25, 0.3) is 0 Å². The van der Waals surface area contributed by atoms with Gasteiger partial charge in [-0.05, 0) is 30.7 Å². The molecule has 0 aliphatic heterocycles. The van der Waals surface area contributed by atoms with Crippen molar-refractivity contribution in [1.82, 2.24) is 4.31 Å². The van der Waals surface area contributed by atoms with Crippen LogP contribution in [0, 0.1) is 0 Å². The lowest BCUT2D eigenvalue weighted by Gasteiger charge is -2.15. The first-order valence-corrected chi connectivity index (χ1v) is 6.18. The minimum atomic E-state index is -3.40. The first kappa shape index (κ1) is 12.0. The van der Waals surface area contributed by atoms with Crippen molar-refractivity contribution >= 4 is 10.0 Å². The molecule has 0 aliphatic carbocycles. The second kappa shape index (κ2) is 4.63. The molecular formula is C10H15NO3S. The highest BCUT2D eigenvalue weighted by Crippen LogP contribution is 2.17. The number of phenols is 1. The fourth-order valence-electron chi connectivity index (χ4n) is 1.23. The van der Waals surface area contributed by atoms with E-state index in [9.17, 15) is 8.42 Å². The molecule has 1 aromatic rings. The van der Waals surface area contributed by atoms with E-state index < -0.39 is 10.0 Å². The first-order valence-electron chi connectivity index (χ1n) is 4.74. The van der Waals surface area contributed by atoms with Crippen LogP contribution in [0.5, 0.6) is 5.75 Å². The summed E-state index contributed by atoms with van der Waals surface area (Å²) in [5.41, 5.74) is 0. The molecule has 1 rings (SSSR count). The summed E-state index contributed by atoms with van der Waals surface area (Å²) in [6, 6.07) is 5.53. The Morgan fingerprint density at radius 1 is 1.27 bits per heavy atom. The topological polar surface area (TPSA) is 57.6 Å². The van der Waals surface area contributed by atoms with Gasteiger partial charge >= 0.3 is 0 Å². The average Bonchev–Trinajstić information content (AvgIpc) is 2.18. The molecule has 15 heavy (non-hydrogen) atoms. The standard InChI is InChI=1S/C10H15NO3S/c1-3-8-11(2)15(13,14)10-6-4-9(12)5-7-10/h4-7,12H,3,8H2,1-2H3. The predicted molar refractivity (Wildman–Crippen MR) is 58.2 cm³/mol. The fraction of sp³-hybridized carbons (Fsp3) is 0.400. The maximum absolute atomic E-state index is 11.9. The molecule has 0 aromatic heterocycles. The van der Waals surface area contributed by atoms with Crippen molar-refractivity contribution in [2.45, 2.75) is 18.2 Å². The summed E-state index contributed by atoms with van der Waals surface area (Å²) < 4.78 is 25.1. The van der Waals surface area contributed by atoms with E-state index in [-0.39, 0.29) is 10.6 Å². The molecule has 0 atom stereocenters.